The van der Waals surface area contributed by atoms with Crippen LogP contribution in [0.3, 0.4) is 0 Å². The van der Waals surface area contributed by atoms with Crippen molar-refractivity contribution in [3.05, 3.63) is 48.5 Å². The van der Waals surface area contributed by atoms with E-state index >= 15 is 0 Å². The van der Waals surface area contributed by atoms with E-state index in [1.807, 2.05) is 0 Å². The molecule has 0 aliphatic carbocycles. The summed E-state index contributed by atoms with van der Waals surface area (Å²) >= 11 is 0. The molecule has 0 aliphatic rings. The van der Waals surface area contributed by atoms with Crippen molar-refractivity contribution in [1.29, 1.82) is 0 Å². The maximum absolute atomic E-state index is 2.22. The zero-order valence-corrected chi connectivity index (χ0v) is 10.8. The summed E-state index contributed by atoms with van der Waals surface area (Å²) in [5.74, 6) is 0. The molecule has 2 rings (SSSR count). The van der Waals surface area contributed by atoms with Crippen LogP contribution in [0.5, 0.6) is 0 Å². The maximum atomic E-state index is 2.22. The maximum Gasteiger partial charge on any atom is 0.169 e. The molecule has 0 saturated heterocycles. The fourth-order valence-corrected chi connectivity index (χ4v) is 1.93. The van der Waals surface area contributed by atoms with E-state index in [0.29, 0.717) is 6.71 Å². The molecule has 0 N–H and O–H groups in total. The highest BCUT2D eigenvalue weighted by atomic mass is 14.0. The molecule has 0 saturated carbocycles. The van der Waals surface area contributed by atoms with E-state index in [0.717, 1.165) is 0 Å². The van der Waals surface area contributed by atoms with Gasteiger partial charge in [-0.15, -0.1) is 0 Å². The van der Waals surface area contributed by atoms with Gasteiger partial charge in [0.2, 0.25) is 0 Å². The summed E-state index contributed by atoms with van der Waals surface area (Å²) in [5.41, 5.74) is 5.24. The average Bonchev–Trinajstić information content (AvgIpc) is 2.39. The topological polar surface area (TPSA) is 0 Å². The highest BCUT2D eigenvalue weighted by Crippen LogP contribution is 2.16. The van der Waals surface area contributed by atoms with Crippen LogP contribution >= 0.6 is 0 Å². The zero-order chi connectivity index (χ0) is 12.3. The summed E-state index contributed by atoms with van der Waals surface area (Å²) in [6.45, 7) is 7.11. The molecule has 2 aromatic carbocycles. The fraction of sp³-hybridized carbons (Fsp3) is 0.200. The van der Waals surface area contributed by atoms with Gasteiger partial charge in [0.1, 0.15) is 7.28 Å². The summed E-state index contributed by atoms with van der Waals surface area (Å²) in [6, 6.07) is 17.5. The van der Waals surface area contributed by atoms with E-state index in [2.05, 4.69) is 76.3 Å². The molecular formula is C15H17B2. The first kappa shape index (κ1) is 12.0. The van der Waals surface area contributed by atoms with Crippen LogP contribution in [0, 0.1) is 0 Å². The first-order chi connectivity index (χ1) is 8.20. The highest BCUT2D eigenvalue weighted by Gasteiger charge is 2.03. The second-order valence-corrected chi connectivity index (χ2v) is 4.69. The number of hydrogen-bond acceptors (Lipinski definition) is 0. The van der Waals surface area contributed by atoms with Gasteiger partial charge in [-0.2, -0.15) is 0 Å². The third-order valence-electron chi connectivity index (χ3n) is 3.15. The molecule has 0 aromatic heterocycles. The molecular weight excluding hydrogens is 202 g/mol. The Morgan fingerprint density at radius 1 is 0.765 bits per heavy atom. The number of hydrogen-bond donors (Lipinski definition) is 0. The van der Waals surface area contributed by atoms with Gasteiger partial charge < -0.3 is 0 Å². The molecule has 1 radical (unpaired) electrons. The second-order valence-electron chi connectivity index (χ2n) is 4.69. The predicted octanol–water partition coefficient (Wildman–Crippen LogP) is 2.69. The number of benzene rings is 2. The lowest BCUT2D eigenvalue weighted by molar-refractivity contribution is 1.65. The van der Waals surface area contributed by atoms with Gasteiger partial charge in [0.15, 0.2) is 6.71 Å². The first-order valence-electron chi connectivity index (χ1n) is 6.20. The predicted molar refractivity (Wildman–Crippen MR) is 80.2 cm³/mol. The van der Waals surface area contributed by atoms with Crippen LogP contribution in [0.4, 0.5) is 0 Å². The smallest absolute Gasteiger partial charge is 0.0881 e. The standard InChI is InChI=1S/C15H17B2/c1-16-14-8-4-12(5-9-14)13-6-10-15(11-7-13)17(2)3/h4-11H,1-3H3. The third-order valence-corrected chi connectivity index (χ3v) is 3.15. The molecule has 0 bridgehead atoms. The Labute approximate surface area is 105 Å². The quantitative estimate of drug-likeness (QED) is 0.696. The largest absolute Gasteiger partial charge is 0.169 e. The van der Waals surface area contributed by atoms with Gasteiger partial charge in [-0.1, -0.05) is 79.9 Å². The van der Waals surface area contributed by atoms with Crippen LogP contribution in [0.15, 0.2) is 48.5 Å². The third kappa shape index (κ3) is 2.82. The van der Waals surface area contributed by atoms with Crippen molar-refractivity contribution >= 4 is 24.9 Å². The van der Waals surface area contributed by atoms with Gasteiger partial charge in [-0.05, 0) is 11.1 Å². The van der Waals surface area contributed by atoms with Crippen molar-refractivity contribution in [2.75, 3.05) is 0 Å². The van der Waals surface area contributed by atoms with E-state index in [1.165, 1.54) is 22.1 Å². The van der Waals surface area contributed by atoms with Gasteiger partial charge in [0, 0.05) is 0 Å². The molecule has 0 unspecified atom stereocenters. The van der Waals surface area contributed by atoms with Crippen LogP contribution in [0.2, 0.25) is 20.5 Å². The van der Waals surface area contributed by atoms with Crippen molar-refractivity contribution in [1.82, 2.24) is 0 Å². The van der Waals surface area contributed by atoms with Crippen molar-refractivity contribution in [2.45, 2.75) is 20.5 Å². The Hall–Kier alpha value is -1.43. The summed E-state index contributed by atoms with van der Waals surface area (Å²) < 4.78 is 0. The minimum absolute atomic E-state index is 0.598. The summed E-state index contributed by atoms with van der Waals surface area (Å²) in [5, 5.41) is 0. The Morgan fingerprint density at radius 3 is 1.65 bits per heavy atom. The lowest BCUT2D eigenvalue weighted by atomic mass is 9.49. The molecule has 0 amide bonds. The molecule has 0 nitrogen and oxygen atoms in total. The first-order valence-corrected chi connectivity index (χ1v) is 6.20. The van der Waals surface area contributed by atoms with Gasteiger partial charge in [0.25, 0.3) is 0 Å². The lowest BCUT2D eigenvalue weighted by Crippen LogP contribution is -2.21. The molecule has 0 heterocycles. The van der Waals surface area contributed by atoms with Gasteiger partial charge >= 0.3 is 0 Å². The van der Waals surface area contributed by atoms with Gasteiger partial charge in [-0.3, -0.25) is 0 Å². The van der Waals surface area contributed by atoms with E-state index in [1.54, 1.807) is 0 Å². The molecule has 0 aliphatic heterocycles. The fourth-order valence-electron chi connectivity index (χ4n) is 1.93. The van der Waals surface area contributed by atoms with Crippen LogP contribution in [0.25, 0.3) is 11.1 Å². The minimum atomic E-state index is 0.598. The molecule has 2 aromatic rings. The summed E-state index contributed by atoms with van der Waals surface area (Å²) in [6.07, 6.45) is 0. The normalized spacial score (nSPS) is 10.1. The van der Waals surface area contributed by atoms with E-state index in [-0.39, 0.29) is 0 Å². The molecule has 83 valence electrons. The van der Waals surface area contributed by atoms with Crippen LogP contribution in [0.1, 0.15) is 0 Å². The SMILES string of the molecule is C[B]c1ccc(-c2ccc(B(C)C)cc2)cc1. The molecule has 2 heteroatoms. The second kappa shape index (κ2) is 5.27. The van der Waals surface area contributed by atoms with Crippen molar-refractivity contribution in [3.8, 4) is 11.1 Å². The zero-order valence-electron chi connectivity index (χ0n) is 10.8. The van der Waals surface area contributed by atoms with E-state index < -0.39 is 0 Å². The summed E-state index contributed by atoms with van der Waals surface area (Å²) in [4.78, 5) is 0. The molecule has 17 heavy (non-hydrogen) atoms. The van der Waals surface area contributed by atoms with Gasteiger partial charge in [0.05, 0.1) is 0 Å². The summed E-state index contributed by atoms with van der Waals surface area (Å²) in [7, 11) is 2.12. The van der Waals surface area contributed by atoms with E-state index in [4.69, 9.17) is 0 Å². The van der Waals surface area contributed by atoms with Crippen LogP contribution < -0.4 is 10.9 Å². The Bertz CT molecular complexity index is 469. The van der Waals surface area contributed by atoms with Crippen molar-refractivity contribution < 1.29 is 0 Å². The Kier molecular flexibility index (Phi) is 3.73. The lowest BCUT2D eigenvalue weighted by Gasteiger charge is -2.06. The number of rotatable bonds is 3. The molecule has 0 spiro atoms. The van der Waals surface area contributed by atoms with Gasteiger partial charge in [-0.25, -0.2) is 0 Å². The van der Waals surface area contributed by atoms with Crippen LogP contribution in [-0.4, -0.2) is 14.0 Å². The van der Waals surface area contributed by atoms with Crippen molar-refractivity contribution in [3.63, 3.8) is 0 Å². The Morgan fingerprint density at radius 2 is 1.24 bits per heavy atom. The Balaban J connectivity index is 2.26. The van der Waals surface area contributed by atoms with Crippen molar-refractivity contribution in [2.24, 2.45) is 0 Å². The van der Waals surface area contributed by atoms with E-state index in [9.17, 15) is 0 Å². The highest BCUT2D eigenvalue weighted by molar-refractivity contribution is 6.70. The molecule has 0 atom stereocenters. The average molecular weight is 219 g/mol. The minimum Gasteiger partial charge on any atom is -0.0881 e. The monoisotopic (exact) mass is 219 g/mol. The molecule has 0 fully saturated rings. The van der Waals surface area contributed by atoms with Crippen LogP contribution in [-0.2, 0) is 0 Å².